The van der Waals surface area contributed by atoms with Crippen molar-refractivity contribution in [1.29, 1.82) is 0 Å². The van der Waals surface area contributed by atoms with E-state index in [0.717, 1.165) is 5.56 Å². The molecular weight excluding hydrogens is 276 g/mol. The highest BCUT2D eigenvalue weighted by Crippen LogP contribution is 2.27. The van der Waals surface area contributed by atoms with Crippen LogP contribution in [0.3, 0.4) is 0 Å². The number of hydrogen-bond donors (Lipinski definition) is 1. The Labute approximate surface area is 122 Å². The second kappa shape index (κ2) is 6.59. The van der Waals surface area contributed by atoms with Crippen LogP contribution in [0.15, 0.2) is 47.4 Å². The third-order valence-corrected chi connectivity index (χ3v) is 3.27. The van der Waals surface area contributed by atoms with Crippen LogP contribution in [0, 0.1) is 0 Å². The van der Waals surface area contributed by atoms with E-state index in [1.807, 2.05) is 19.1 Å². The van der Waals surface area contributed by atoms with Crippen LogP contribution in [0.5, 0.6) is 5.75 Å². The van der Waals surface area contributed by atoms with E-state index in [9.17, 15) is 4.79 Å². The number of benzene rings is 1. The van der Waals surface area contributed by atoms with E-state index in [4.69, 9.17) is 22.1 Å². The number of halogens is 1. The van der Waals surface area contributed by atoms with Crippen LogP contribution in [-0.4, -0.2) is 11.2 Å². The molecule has 0 aliphatic carbocycles. The first-order chi connectivity index (χ1) is 9.58. The van der Waals surface area contributed by atoms with Gasteiger partial charge in [0.15, 0.2) is 0 Å². The van der Waals surface area contributed by atoms with Crippen molar-refractivity contribution in [3.63, 3.8) is 0 Å². The van der Waals surface area contributed by atoms with Crippen molar-refractivity contribution in [2.24, 2.45) is 5.73 Å². The predicted molar refractivity (Wildman–Crippen MR) is 80.3 cm³/mol. The van der Waals surface area contributed by atoms with Crippen LogP contribution in [0.25, 0.3) is 0 Å². The van der Waals surface area contributed by atoms with E-state index in [1.54, 1.807) is 29.0 Å². The van der Waals surface area contributed by atoms with Gasteiger partial charge >= 0.3 is 0 Å². The first-order valence-corrected chi connectivity index (χ1v) is 6.79. The fraction of sp³-hybridized carbons (Fsp3) is 0.267. The lowest BCUT2D eigenvalue weighted by Gasteiger charge is -2.12. The molecule has 2 rings (SSSR count). The number of ether oxygens (including phenoxy) is 1. The van der Waals surface area contributed by atoms with Gasteiger partial charge in [0.25, 0.3) is 5.56 Å². The maximum Gasteiger partial charge on any atom is 0.250 e. The lowest BCUT2D eigenvalue weighted by atomic mass is 10.1. The van der Waals surface area contributed by atoms with Gasteiger partial charge in [0.05, 0.1) is 11.6 Å². The average molecular weight is 293 g/mol. The minimum Gasteiger partial charge on any atom is -0.490 e. The van der Waals surface area contributed by atoms with E-state index in [2.05, 4.69) is 0 Å². The Balaban J connectivity index is 1.98. The highest BCUT2D eigenvalue weighted by molar-refractivity contribution is 6.32. The van der Waals surface area contributed by atoms with Gasteiger partial charge < -0.3 is 15.0 Å². The smallest absolute Gasteiger partial charge is 0.250 e. The summed E-state index contributed by atoms with van der Waals surface area (Å²) >= 11 is 6.14. The summed E-state index contributed by atoms with van der Waals surface area (Å²) in [6.45, 7) is 2.75. The molecule has 106 valence electrons. The minimum atomic E-state index is -0.0653. The molecule has 2 aromatic rings. The molecule has 1 heterocycles. The van der Waals surface area contributed by atoms with E-state index < -0.39 is 0 Å². The van der Waals surface area contributed by atoms with Crippen molar-refractivity contribution < 1.29 is 4.74 Å². The number of aromatic nitrogens is 1. The SMILES string of the molecule is CC(N)c1ccc(OCCn2ccccc2=O)c(Cl)c1. The topological polar surface area (TPSA) is 57.2 Å². The molecule has 20 heavy (non-hydrogen) atoms. The third-order valence-electron chi connectivity index (χ3n) is 2.97. The summed E-state index contributed by atoms with van der Waals surface area (Å²) in [6.07, 6.45) is 1.73. The Hall–Kier alpha value is -1.78. The van der Waals surface area contributed by atoms with Crippen LogP contribution in [0.4, 0.5) is 0 Å². The number of nitrogens with two attached hydrogens (primary N) is 1. The van der Waals surface area contributed by atoms with Crippen molar-refractivity contribution in [2.75, 3.05) is 6.61 Å². The molecule has 0 saturated carbocycles. The van der Waals surface area contributed by atoms with Gasteiger partial charge in [0, 0.05) is 18.3 Å². The number of pyridine rings is 1. The van der Waals surface area contributed by atoms with Gasteiger partial charge in [-0.25, -0.2) is 0 Å². The minimum absolute atomic E-state index is 0.0468. The maximum atomic E-state index is 11.5. The Bertz CT molecular complexity index is 638. The molecule has 0 bridgehead atoms. The van der Waals surface area contributed by atoms with Gasteiger partial charge in [-0.2, -0.15) is 0 Å². The highest BCUT2D eigenvalue weighted by Gasteiger charge is 2.06. The molecule has 5 heteroatoms. The molecule has 1 aromatic heterocycles. The molecule has 0 amide bonds. The third kappa shape index (κ3) is 3.62. The largest absolute Gasteiger partial charge is 0.490 e. The van der Waals surface area contributed by atoms with E-state index >= 15 is 0 Å². The first kappa shape index (κ1) is 14.6. The van der Waals surface area contributed by atoms with Crippen molar-refractivity contribution in [1.82, 2.24) is 4.57 Å². The summed E-state index contributed by atoms with van der Waals surface area (Å²) < 4.78 is 7.19. The molecule has 0 spiro atoms. The number of nitrogens with zero attached hydrogens (tertiary/aromatic N) is 1. The van der Waals surface area contributed by atoms with E-state index in [1.165, 1.54) is 6.07 Å². The lowest BCUT2D eigenvalue weighted by Crippen LogP contribution is -2.21. The summed E-state index contributed by atoms with van der Waals surface area (Å²) in [7, 11) is 0. The van der Waals surface area contributed by atoms with Crippen LogP contribution >= 0.6 is 11.6 Å². The van der Waals surface area contributed by atoms with E-state index in [0.29, 0.717) is 23.9 Å². The lowest BCUT2D eigenvalue weighted by molar-refractivity contribution is 0.296. The Morgan fingerprint density at radius 2 is 2.15 bits per heavy atom. The van der Waals surface area contributed by atoms with Crippen LogP contribution in [-0.2, 0) is 6.54 Å². The zero-order valence-electron chi connectivity index (χ0n) is 11.3. The summed E-state index contributed by atoms with van der Waals surface area (Å²) in [6, 6.07) is 10.5. The molecule has 1 aromatic carbocycles. The molecular formula is C15H17ClN2O2. The van der Waals surface area contributed by atoms with Crippen LogP contribution in [0.2, 0.25) is 5.02 Å². The molecule has 0 saturated heterocycles. The fourth-order valence-electron chi connectivity index (χ4n) is 1.82. The molecule has 0 radical (unpaired) electrons. The normalized spacial score (nSPS) is 12.2. The highest BCUT2D eigenvalue weighted by atomic mass is 35.5. The summed E-state index contributed by atoms with van der Waals surface area (Å²) in [4.78, 5) is 11.5. The maximum absolute atomic E-state index is 11.5. The summed E-state index contributed by atoms with van der Waals surface area (Å²) in [5.74, 6) is 0.597. The quantitative estimate of drug-likeness (QED) is 0.921. The van der Waals surface area contributed by atoms with Crippen molar-refractivity contribution in [3.8, 4) is 5.75 Å². The number of hydrogen-bond acceptors (Lipinski definition) is 3. The fourth-order valence-corrected chi connectivity index (χ4v) is 2.06. The predicted octanol–water partition coefficient (Wildman–Crippen LogP) is 2.60. The van der Waals surface area contributed by atoms with Gasteiger partial charge in [-0.3, -0.25) is 4.79 Å². The number of rotatable bonds is 5. The monoisotopic (exact) mass is 292 g/mol. The van der Waals surface area contributed by atoms with E-state index in [-0.39, 0.29) is 11.6 Å². The van der Waals surface area contributed by atoms with Gasteiger partial charge in [0.1, 0.15) is 12.4 Å². The molecule has 0 fully saturated rings. The Kier molecular flexibility index (Phi) is 4.82. The van der Waals surface area contributed by atoms with Gasteiger partial charge in [-0.15, -0.1) is 0 Å². The molecule has 0 aliphatic heterocycles. The molecule has 0 aliphatic rings. The van der Waals surface area contributed by atoms with Crippen LogP contribution < -0.4 is 16.0 Å². The standard InChI is InChI=1S/C15H17ClN2O2/c1-11(17)12-5-6-14(13(16)10-12)20-9-8-18-7-3-2-4-15(18)19/h2-7,10-11H,8-9,17H2,1H3. The average Bonchev–Trinajstić information content (AvgIpc) is 2.42. The molecule has 4 nitrogen and oxygen atoms in total. The second-order valence-corrected chi connectivity index (χ2v) is 4.97. The van der Waals surface area contributed by atoms with Crippen molar-refractivity contribution in [3.05, 3.63) is 63.5 Å². The Morgan fingerprint density at radius 3 is 2.80 bits per heavy atom. The van der Waals surface area contributed by atoms with Crippen molar-refractivity contribution in [2.45, 2.75) is 19.5 Å². The van der Waals surface area contributed by atoms with Gasteiger partial charge in [-0.1, -0.05) is 23.7 Å². The van der Waals surface area contributed by atoms with Crippen molar-refractivity contribution >= 4 is 11.6 Å². The molecule has 1 unspecified atom stereocenters. The second-order valence-electron chi connectivity index (χ2n) is 4.56. The summed E-state index contributed by atoms with van der Waals surface area (Å²) in [5, 5.41) is 0.528. The van der Waals surface area contributed by atoms with Crippen LogP contribution in [0.1, 0.15) is 18.5 Å². The van der Waals surface area contributed by atoms with Gasteiger partial charge in [-0.05, 0) is 30.7 Å². The zero-order chi connectivity index (χ0) is 14.5. The molecule has 1 atom stereocenters. The first-order valence-electron chi connectivity index (χ1n) is 6.41. The molecule has 2 N–H and O–H groups in total. The Morgan fingerprint density at radius 1 is 1.35 bits per heavy atom. The summed E-state index contributed by atoms with van der Waals surface area (Å²) in [5.41, 5.74) is 6.70. The van der Waals surface area contributed by atoms with Gasteiger partial charge in [0.2, 0.25) is 0 Å². The zero-order valence-corrected chi connectivity index (χ0v) is 12.0.